The number of nitrogens with one attached hydrogen (secondary N) is 1. The van der Waals surface area contributed by atoms with Gasteiger partial charge in [-0.1, -0.05) is 11.2 Å². The summed E-state index contributed by atoms with van der Waals surface area (Å²) >= 11 is 0. The third-order valence-corrected chi connectivity index (χ3v) is 2.38. The maximum atomic E-state index is 10.6. The Morgan fingerprint density at radius 1 is 1.47 bits per heavy atom. The lowest BCUT2D eigenvalue weighted by atomic mass is 10.2. The molecule has 2 aromatic rings. The van der Waals surface area contributed by atoms with Crippen molar-refractivity contribution in [3.05, 3.63) is 51.9 Å². The van der Waals surface area contributed by atoms with Gasteiger partial charge in [-0.15, -0.1) is 0 Å². The van der Waals surface area contributed by atoms with Gasteiger partial charge in [0, 0.05) is 23.9 Å². The summed E-state index contributed by atoms with van der Waals surface area (Å²) in [5.74, 6) is 0. The minimum absolute atomic E-state index is 0.0678. The van der Waals surface area contributed by atoms with Gasteiger partial charge in [0.2, 0.25) is 0 Å². The van der Waals surface area contributed by atoms with Gasteiger partial charge >= 0.3 is 0 Å². The molecule has 17 heavy (non-hydrogen) atoms. The predicted octanol–water partition coefficient (Wildman–Crippen LogP) is 2.50. The van der Waals surface area contributed by atoms with Gasteiger partial charge in [-0.2, -0.15) is 0 Å². The average molecular weight is 233 g/mol. The molecule has 0 atom stereocenters. The van der Waals surface area contributed by atoms with Crippen LogP contribution in [0.25, 0.3) is 0 Å². The fourth-order valence-corrected chi connectivity index (χ4v) is 1.43. The number of aryl methyl sites for hydroxylation is 1. The number of anilines is 1. The van der Waals surface area contributed by atoms with E-state index in [9.17, 15) is 10.1 Å². The van der Waals surface area contributed by atoms with Gasteiger partial charge in [-0.05, 0) is 12.5 Å². The summed E-state index contributed by atoms with van der Waals surface area (Å²) in [4.78, 5) is 10.2. The zero-order valence-electron chi connectivity index (χ0n) is 9.21. The first kappa shape index (κ1) is 11.1. The third-order valence-electron chi connectivity index (χ3n) is 2.38. The van der Waals surface area contributed by atoms with Crippen LogP contribution in [0.2, 0.25) is 0 Å². The molecule has 0 fully saturated rings. The standard InChI is InChI=1S/C11H11N3O3/c1-8-2-3-10(14(15)16)6-11(8)12-7-9-4-5-17-13-9/h2-6,12H,7H2,1H3. The van der Waals surface area contributed by atoms with Crippen molar-refractivity contribution in [1.82, 2.24) is 5.16 Å². The Morgan fingerprint density at radius 3 is 2.94 bits per heavy atom. The van der Waals surface area contributed by atoms with Crippen LogP contribution in [0.5, 0.6) is 0 Å². The Morgan fingerprint density at radius 2 is 2.29 bits per heavy atom. The molecule has 6 nitrogen and oxygen atoms in total. The van der Waals surface area contributed by atoms with E-state index < -0.39 is 4.92 Å². The zero-order chi connectivity index (χ0) is 12.3. The van der Waals surface area contributed by atoms with Crippen LogP contribution < -0.4 is 5.32 Å². The molecule has 0 aliphatic heterocycles. The molecule has 0 aliphatic carbocycles. The van der Waals surface area contributed by atoms with Gasteiger partial charge in [0.05, 0.1) is 11.5 Å². The molecule has 0 aliphatic rings. The highest BCUT2D eigenvalue weighted by molar-refractivity contribution is 5.56. The van der Waals surface area contributed by atoms with Crippen LogP contribution >= 0.6 is 0 Å². The molecule has 1 aromatic carbocycles. The Hall–Kier alpha value is -2.37. The molecule has 0 saturated carbocycles. The van der Waals surface area contributed by atoms with Gasteiger partial charge in [-0.3, -0.25) is 10.1 Å². The molecule has 0 spiro atoms. The van der Waals surface area contributed by atoms with Crippen LogP contribution in [-0.2, 0) is 6.54 Å². The van der Waals surface area contributed by atoms with E-state index in [2.05, 4.69) is 10.5 Å². The van der Waals surface area contributed by atoms with Crippen molar-refractivity contribution in [2.24, 2.45) is 0 Å². The number of hydrogen-bond donors (Lipinski definition) is 1. The summed E-state index contributed by atoms with van der Waals surface area (Å²) in [5, 5.41) is 17.5. The van der Waals surface area contributed by atoms with Gasteiger partial charge in [-0.25, -0.2) is 0 Å². The normalized spacial score (nSPS) is 10.2. The minimum Gasteiger partial charge on any atom is -0.379 e. The smallest absolute Gasteiger partial charge is 0.271 e. The number of non-ortho nitro benzene ring substituents is 1. The van der Waals surface area contributed by atoms with Gasteiger partial charge in [0.25, 0.3) is 5.69 Å². The van der Waals surface area contributed by atoms with Gasteiger partial charge in [0.1, 0.15) is 12.0 Å². The third kappa shape index (κ3) is 2.60. The van der Waals surface area contributed by atoms with E-state index in [-0.39, 0.29) is 5.69 Å². The van der Waals surface area contributed by atoms with Crippen LogP contribution in [-0.4, -0.2) is 10.1 Å². The molecule has 0 radical (unpaired) electrons. The average Bonchev–Trinajstić information content (AvgIpc) is 2.80. The summed E-state index contributed by atoms with van der Waals surface area (Å²) in [5.41, 5.74) is 2.48. The summed E-state index contributed by atoms with van der Waals surface area (Å²) < 4.78 is 4.70. The van der Waals surface area contributed by atoms with Crippen molar-refractivity contribution in [3.8, 4) is 0 Å². The second kappa shape index (κ2) is 4.65. The van der Waals surface area contributed by atoms with Crippen LogP contribution in [0.1, 0.15) is 11.3 Å². The first-order valence-corrected chi connectivity index (χ1v) is 5.05. The molecule has 6 heteroatoms. The first-order valence-electron chi connectivity index (χ1n) is 5.05. The van der Waals surface area contributed by atoms with E-state index in [4.69, 9.17) is 4.52 Å². The largest absolute Gasteiger partial charge is 0.379 e. The van der Waals surface area contributed by atoms with Crippen LogP contribution in [0, 0.1) is 17.0 Å². The van der Waals surface area contributed by atoms with E-state index in [1.807, 2.05) is 6.92 Å². The van der Waals surface area contributed by atoms with Crippen molar-refractivity contribution in [2.75, 3.05) is 5.32 Å². The second-order valence-corrected chi connectivity index (χ2v) is 3.60. The summed E-state index contributed by atoms with van der Waals surface area (Å²) in [7, 11) is 0. The minimum atomic E-state index is -0.416. The van der Waals surface area contributed by atoms with Crippen LogP contribution in [0.3, 0.4) is 0 Å². The van der Waals surface area contributed by atoms with Crippen LogP contribution in [0.15, 0.2) is 35.1 Å². The molecule has 1 heterocycles. The van der Waals surface area contributed by atoms with Crippen molar-refractivity contribution >= 4 is 11.4 Å². The van der Waals surface area contributed by atoms with E-state index in [0.29, 0.717) is 6.54 Å². The highest BCUT2D eigenvalue weighted by Crippen LogP contribution is 2.22. The lowest BCUT2D eigenvalue weighted by molar-refractivity contribution is -0.384. The van der Waals surface area contributed by atoms with E-state index in [1.165, 1.54) is 18.4 Å². The van der Waals surface area contributed by atoms with Gasteiger partial charge in [0.15, 0.2) is 0 Å². The molecule has 1 N–H and O–H groups in total. The SMILES string of the molecule is Cc1ccc([N+](=O)[O-])cc1NCc1ccon1. The molecule has 1 aromatic heterocycles. The van der Waals surface area contributed by atoms with Crippen molar-refractivity contribution in [2.45, 2.75) is 13.5 Å². The van der Waals surface area contributed by atoms with Crippen molar-refractivity contribution in [1.29, 1.82) is 0 Å². The maximum absolute atomic E-state index is 10.6. The second-order valence-electron chi connectivity index (χ2n) is 3.60. The Bertz CT molecular complexity index is 523. The first-order chi connectivity index (χ1) is 8.16. The molecule has 88 valence electrons. The molecule has 2 rings (SSSR count). The van der Waals surface area contributed by atoms with E-state index >= 15 is 0 Å². The number of nitrogens with zero attached hydrogens (tertiary/aromatic N) is 2. The maximum Gasteiger partial charge on any atom is 0.271 e. The van der Waals surface area contributed by atoms with Crippen molar-refractivity contribution < 1.29 is 9.45 Å². The summed E-state index contributed by atoms with van der Waals surface area (Å²) in [6, 6.07) is 6.44. The summed E-state index contributed by atoms with van der Waals surface area (Å²) in [6.45, 7) is 2.35. The topological polar surface area (TPSA) is 81.2 Å². The molecule has 0 amide bonds. The molecule has 0 bridgehead atoms. The van der Waals surface area contributed by atoms with Crippen LogP contribution in [0.4, 0.5) is 11.4 Å². The fraction of sp³-hybridized carbons (Fsp3) is 0.182. The molecule has 0 unspecified atom stereocenters. The number of hydrogen-bond acceptors (Lipinski definition) is 5. The highest BCUT2D eigenvalue weighted by Gasteiger charge is 2.08. The summed E-state index contributed by atoms with van der Waals surface area (Å²) in [6.07, 6.45) is 1.48. The monoisotopic (exact) mass is 233 g/mol. The Balaban J connectivity index is 2.14. The van der Waals surface area contributed by atoms with Gasteiger partial charge < -0.3 is 9.84 Å². The highest BCUT2D eigenvalue weighted by atomic mass is 16.6. The Kier molecular flexibility index (Phi) is 3.04. The quantitative estimate of drug-likeness (QED) is 0.648. The number of nitro benzene ring substituents is 1. The fourth-order valence-electron chi connectivity index (χ4n) is 1.43. The lowest BCUT2D eigenvalue weighted by Gasteiger charge is -2.07. The zero-order valence-corrected chi connectivity index (χ0v) is 9.21. The predicted molar refractivity (Wildman–Crippen MR) is 61.7 cm³/mol. The number of rotatable bonds is 4. The number of benzene rings is 1. The molecule has 0 saturated heterocycles. The van der Waals surface area contributed by atoms with E-state index in [1.54, 1.807) is 12.1 Å². The van der Waals surface area contributed by atoms with E-state index in [0.717, 1.165) is 16.9 Å². The Labute approximate surface area is 97.4 Å². The number of aromatic nitrogens is 1. The lowest BCUT2D eigenvalue weighted by Crippen LogP contribution is -2.02. The molecular weight excluding hydrogens is 222 g/mol. The molecular formula is C11H11N3O3. The van der Waals surface area contributed by atoms with Crippen molar-refractivity contribution in [3.63, 3.8) is 0 Å². The number of nitro groups is 1.